The van der Waals surface area contributed by atoms with Gasteiger partial charge < -0.3 is 14.3 Å². The Labute approximate surface area is 186 Å². The summed E-state index contributed by atoms with van der Waals surface area (Å²) < 4.78 is 11.5. The zero-order chi connectivity index (χ0) is 21.6. The van der Waals surface area contributed by atoms with Gasteiger partial charge in [-0.25, -0.2) is 9.78 Å². The Balaban J connectivity index is 1.40. The van der Waals surface area contributed by atoms with Crippen molar-refractivity contribution in [3.05, 3.63) is 82.5 Å². The molecule has 6 nitrogen and oxygen atoms in total. The molecule has 31 heavy (non-hydrogen) atoms. The summed E-state index contributed by atoms with van der Waals surface area (Å²) in [5.74, 6) is 1.44. The van der Waals surface area contributed by atoms with Gasteiger partial charge in [-0.2, -0.15) is 0 Å². The number of hydrogen-bond acceptors (Lipinski definition) is 5. The van der Waals surface area contributed by atoms with Crippen LogP contribution in [0.2, 0.25) is 5.02 Å². The first kappa shape index (κ1) is 21.4. The molecule has 1 fully saturated rings. The molecule has 0 aliphatic carbocycles. The second-order valence-electron chi connectivity index (χ2n) is 7.80. The normalized spacial score (nSPS) is 16.9. The molecule has 1 atom stereocenters. The predicted molar refractivity (Wildman–Crippen MR) is 118 cm³/mol. The van der Waals surface area contributed by atoms with Crippen molar-refractivity contribution in [1.29, 1.82) is 0 Å². The van der Waals surface area contributed by atoms with Crippen LogP contribution in [-0.2, 0) is 17.8 Å². The maximum atomic E-state index is 10.8. The first-order valence-corrected chi connectivity index (χ1v) is 10.8. The molecule has 162 valence electrons. The summed E-state index contributed by atoms with van der Waals surface area (Å²) >= 11 is 6.27. The lowest BCUT2D eigenvalue weighted by atomic mass is 9.97. The molecule has 1 aromatic heterocycles. The van der Waals surface area contributed by atoms with E-state index in [-0.39, 0.29) is 12.5 Å². The number of aliphatic carboxylic acids is 1. The second kappa shape index (κ2) is 9.98. The van der Waals surface area contributed by atoms with Gasteiger partial charge in [0.15, 0.2) is 12.5 Å². The Hall–Kier alpha value is -2.83. The van der Waals surface area contributed by atoms with Crippen LogP contribution in [0.4, 0.5) is 0 Å². The molecule has 0 radical (unpaired) electrons. The lowest BCUT2D eigenvalue weighted by Crippen LogP contribution is -2.34. The number of piperidine rings is 1. The number of para-hydroxylation sites is 1. The molecule has 1 saturated heterocycles. The molecule has 0 spiro atoms. The minimum atomic E-state index is -0.982. The smallest absolute Gasteiger partial charge is 0.341 e. The number of aromatic nitrogens is 1. The third-order valence-electron chi connectivity index (χ3n) is 5.47. The van der Waals surface area contributed by atoms with E-state index in [1.807, 2.05) is 48.5 Å². The molecule has 1 aliphatic rings. The van der Waals surface area contributed by atoms with E-state index in [0.29, 0.717) is 18.7 Å². The molecule has 1 N–H and O–H groups in total. The van der Waals surface area contributed by atoms with E-state index >= 15 is 0 Å². The molecule has 3 aromatic rings. The number of benzene rings is 2. The number of oxazole rings is 1. The number of nitrogens with zero attached hydrogens (tertiary/aromatic N) is 2. The number of carbonyl (C=O) groups is 1. The maximum absolute atomic E-state index is 10.8. The van der Waals surface area contributed by atoms with Crippen LogP contribution < -0.4 is 4.74 Å². The molecule has 2 aromatic carbocycles. The van der Waals surface area contributed by atoms with E-state index in [2.05, 4.69) is 9.88 Å². The number of ether oxygens (including phenoxy) is 1. The van der Waals surface area contributed by atoms with Crippen molar-refractivity contribution in [3.8, 4) is 5.75 Å². The lowest BCUT2D eigenvalue weighted by molar-refractivity contribution is -0.139. The quantitative estimate of drug-likeness (QED) is 0.544. The van der Waals surface area contributed by atoms with Gasteiger partial charge in [0.2, 0.25) is 0 Å². The van der Waals surface area contributed by atoms with E-state index < -0.39 is 5.97 Å². The molecule has 0 amide bonds. The van der Waals surface area contributed by atoms with Gasteiger partial charge in [-0.05, 0) is 37.1 Å². The average molecular weight is 441 g/mol. The molecule has 1 aliphatic heterocycles. The number of likely N-dealkylation sites (tertiary alicyclic amines) is 1. The maximum Gasteiger partial charge on any atom is 0.341 e. The number of rotatable bonds is 8. The van der Waals surface area contributed by atoms with Gasteiger partial charge in [-0.3, -0.25) is 4.90 Å². The Bertz CT molecular complexity index is 1040. The summed E-state index contributed by atoms with van der Waals surface area (Å²) in [6.07, 6.45) is 4.49. The lowest BCUT2D eigenvalue weighted by Gasteiger charge is -2.31. The Morgan fingerprint density at radius 3 is 2.77 bits per heavy atom. The zero-order valence-corrected chi connectivity index (χ0v) is 17.9. The highest BCUT2D eigenvalue weighted by atomic mass is 35.5. The summed E-state index contributed by atoms with van der Waals surface area (Å²) in [7, 11) is 0. The van der Waals surface area contributed by atoms with Crippen LogP contribution in [0.5, 0.6) is 5.75 Å². The highest BCUT2D eigenvalue weighted by Crippen LogP contribution is 2.30. The molecular formula is C24H25ClN2O4. The van der Waals surface area contributed by atoms with Crippen molar-refractivity contribution >= 4 is 17.6 Å². The van der Waals surface area contributed by atoms with Gasteiger partial charge in [0.1, 0.15) is 11.5 Å². The highest BCUT2D eigenvalue weighted by molar-refractivity contribution is 6.31. The van der Waals surface area contributed by atoms with Gasteiger partial charge >= 0.3 is 5.97 Å². The van der Waals surface area contributed by atoms with Gasteiger partial charge in [-0.15, -0.1) is 0 Å². The minimum absolute atomic E-state index is 0.223. The van der Waals surface area contributed by atoms with Crippen molar-refractivity contribution in [2.24, 2.45) is 0 Å². The summed E-state index contributed by atoms with van der Waals surface area (Å²) in [6, 6.07) is 15.4. The molecule has 1 unspecified atom stereocenters. The second-order valence-corrected chi connectivity index (χ2v) is 8.20. The number of carboxylic acids is 1. The Morgan fingerprint density at radius 1 is 1.19 bits per heavy atom. The van der Waals surface area contributed by atoms with Gasteiger partial charge in [0, 0.05) is 36.0 Å². The summed E-state index contributed by atoms with van der Waals surface area (Å²) in [4.78, 5) is 17.7. The molecule has 7 heteroatoms. The summed E-state index contributed by atoms with van der Waals surface area (Å²) in [5, 5.41) is 9.63. The van der Waals surface area contributed by atoms with E-state index in [0.717, 1.165) is 53.7 Å². The van der Waals surface area contributed by atoms with Crippen molar-refractivity contribution in [3.63, 3.8) is 0 Å². The third kappa shape index (κ3) is 5.66. The molecule has 0 bridgehead atoms. The average Bonchev–Trinajstić information content (AvgIpc) is 3.24. The van der Waals surface area contributed by atoms with E-state index in [1.165, 1.54) is 0 Å². The molecular weight excluding hydrogens is 416 g/mol. The van der Waals surface area contributed by atoms with Crippen LogP contribution in [0.25, 0.3) is 0 Å². The molecule has 0 saturated carbocycles. The first-order chi connectivity index (χ1) is 15.1. The van der Waals surface area contributed by atoms with E-state index in [4.69, 9.17) is 25.9 Å². The largest absolute Gasteiger partial charge is 0.482 e. The predicted octanol–water partition coefficient (Wildman–Crippen LogP) is 4.76. The fraction of sp³-hybridized carbons (Fsp3) is 0.333. The van der Waals surface area contributed by atoms with E-state index in [1.54, 1.807) is 6.20 Å². The van der Waals surface area contributed by atoms with E-state index in [9.17, 15) is 4.79 Å². The first-order valence-electron chi connectivity index (χ1n) is 10.4. The summed E-state index contributed by atoms with van der Waals surface area (Å²) in [6.45, 7) is 2.15. The van der Waals surface area contributed by atoms with Crippen molar-refractivity contribution in [2.75, 3.05) is 19.7 Å². The fourth-order valence-corrected chi connectivity index (χ4v) is 4.18. The number of hydrogen-bond donors (Lipinski definition) is 1. The Kier molecular flexibility index (Phi) is 6.89. The highest BCUT2D eigenvalue weighted by Gasteiger charge is 2.26. The van der Waals surface area contributed by atoms with Crippen LogP contribution in [0.15, 0.2) is 59.1 Å². The third-order valence-corrected chi connectivity index (χ3v) is 5.84. The number of halogens is 1. The van der Waals surface area contributed by atoms with Crippen LogP contribution >= 0.6 is 11.6 Å². The van der Waals surface area contributed by atoms with Crippen molar-refractivity contribution in [1.82, 2.24) is 9.88 Å². The fourth-order valence-electron chi connectivity index (χ4n) is 3.98. The SMILES string of the molecule is O=C(O)COc1ccccc1CN1CCCC(c2ncc(Cc3ccccc3Cl)o2)C1. The van der Waals surface area contributed by atoms with Crippen molar-refractivity contribution in [2.45, 2.75) is 31.7 Å². The van der Waals surface area contributed by atoms with Gasteiger partial charge in [0.05, 0.1) is 6.20 Å². The molecule has 2 heterocycles. The topological polar surface area (TPSA) is 75.8 Å². The standard InChI is InChI=1S/C24H25ClN2O4/c25-21-9-3-1-6-17(21)12-20-13-26-24(31-20)19-8-5-11-27(15-19)14-18-7-2-4-10-22(18)30-16-23(28)29/h1-4,6-7,9-10,13,19H,5,8,11-12,14-16H2,(H,28,29). The van der Waals surface area contributed by atoms with Gasteiger partial charge in [-0.1, -0.05) is 48.0 Å². The van der Waals surface area contributed by atoms with Crippen molar-refractivity contribution < 1.29 is 19.1 Å². The van der Waals surface area contributed by atoms with Crippen LogP contribution in [0, 0.1) is 0 Å². The van der Waals surface area contributed by atoms with Crippen LogP contribution in [-0.4, -0.2) is 40.7 Å². The van der Waals surface area contributed by atoms with Crippen LogP contribution in [0.3, 0.4) is 0 Å². The number of carboxylic acid groups (broad SMARTS) is 1. The van der Waals surface area contributed by atoms with Crippen LogP contribution in [0.1, 0.15) is 41.5 Å². The zero-order valence-electron chi connectivity index (χ0n) is 17.2. The molecule has 4 rings (SSSR count). The van der Waals surface area contributed by atoms with Gasteiger partial charge in [0.25, 0.3) is 0 Å². The monoisotopic (exact) mass is 440 g/mol. The minimum Gasteiger partial charge on any atom is -0.482 e. The Morgan fingerprint density at radius 2 is 1.97 bits per heavy atom. The summed E-state index contributed by atoms with van der Waals surface area (Å²) in [5.41, 5.74) is 2.01.